The third-order valence-corrected chi connectivity index (χ3v) is 15.4. The Kier molecular flexibility index (Phi) is 16.1. The Morgan fingerprint density at radius 1 is 1.11 bits per heavy atom. The highest BCUT2D eigenvalue weighted by Crippen LogP contribution is 2.67. The third kappa shape index (κ3) is 10.5. The molecule has 9 atom stereocenters. The van der Waals surface area contributed by atoms with E-state index < -0.39 is 22.9 Å². The fourth-order valence-electron chi connectivity index (χ4n) is 11.9. The Balaban J connectivity index is 1.33. The summed E-state index contributed by atoms with van der Waals surface area (Å²) in [6.45, 7) is 13.1. The fourth-order valence-corrected chi connectivity index (χ4v) is 11.9. The van der Waals surface area contributed by atoms with Crippen molar-refractivity contribution in [3.63, 3.8) is 0 Å². The fraction of sp³-hybridized carbons (Fsp3) is 0.635. The van der Waals surface area contributed by atoms with Crippen LogP contribution in [-0.4, -0.2) is 96.8 Å². The van der Waals surface area contributed by atoms with Gasteiger partial charge in [0.1, 0.15) is 6.29 Å². The molecule has 0 saturated heterocycles. The molecule has 0 radical (unpaired) electrons. The number of carbonyl (C=O) groups excluding carboxylic acids is 1. The number of benzene rings is 1. The van der Waals surface area contributed by atoms with E-state index >= 15 is 0 Å². The number of ether oxygens (including phenoxy) is 2. The van der Waals surface area contributed by atoms with Gasteiger partial charge in [0.2, 0.25) is 0 Å². The van der Waals surface area contributed by atoms with Crippen molar-refractivity contribution >= 4 is 6.29 Å². The average Bonchev–Trinajstić information content (AvgIpc) is 3.84. The largest absolute Gasteiger partial charge is 0.396 e. The van der Waals surface area contributed by atoms with Gasteiger partial charge >= 0.3 is 0 Å². The average molecular weight is 841 g/mol. The molecule has 6 N–H and O–H groups in total. The molecule has 3 saturated carbocycles. The number of carbonyl (C=O) groups is 1. The van der Waals surface area contributed by atoms with Crippen LogP contribution in [0.2, 0.25) is 0 Å². The number of nitrogens with one attached hydrogen (secondary N) is 2. The van der Waals surface area contributed by atoms with Crippen LogP contribution in [0.5, 0.6) is 0 Å². The lowest BCUT2D eigenvalue weighted by molar-refractivity contribution is -0.200. The first-order valence-corrected chi connectivity index (χ1v) is 23.1. The van der Waals surface area contributed by atoms with Crippen molar-refractivity contribution in [2.45, 2.75) is 127 Å². The molecule has 1 aromatic rings. The van der Waals surface area contributed by atoms with Crippen LogP contribution in [0.25, 0.3) is 0 Å². The second kappa shape index (κ2) is 20.7. The summed E-state index contributed by atoms with van der Waals surface area (Å²) in [5.74, 6) is -2.00. The van der Waals surface area contributed by atoms with Crippen LogP contribution >= 0.6 is 0 Å². The molecular weight excluding hydrogens is 765 g/mol. The number of hydrogen-bond donors (Lipinski definition) is 6. The number of aliphatic hydroxyl groups excluding tert-OH is 2. The smallest absolute Gasteiger partial charge is 0.165 e. The molecule has 61 heavy (non-hydrogen) atoms. The summed E-state index contributed by atoms with van der Waals surface area (Å²) in [6.07, 6.45) is 21.7. The molecule has 0 amide bonds. The van der Waals surface area contributed by atoms with E-state index in [0.717, 1.165) is 68.1 Å². The van der Waals surface area contributed by atoms with Gasteiger partial charge in [-0.3, -0.25) is 4.79 Å². The van der Waals surface area contributed by atoms with E-state index in [0.29, 0.717) is 63.7 Å². The molecule has 9 nitrogen and oxygen atoms in total. The molecule has 1 heterocycles. The van der Waals surface area contributed by atoms with Gasteiger partial charge in [0.05, 0.1) is 18.3 Å². The van der Waals surface area contributed by atoms with Crippen molar-refractivity contribution in [3.8, 4) is 0 Å². The number of aliphatic hydroxyl groups is 4. The Morgan fingerprint density at radius 2 is 1.89 bits per heavy atom. The van der Waals surface area contributed by atoms with Crippen molar-refractivity contribution in [2.24, 2.45) is 35.0 Å². The molecule has 1 spiro atoms. The van der Waals surface area contributed by atoms with Gasteiger partial charge in [0.25, 0.3) is 0 Å². The van der Waals surface area contributed by atoms with Crippen LogP contribution in [0.3, 0.4) is 0 Å². The van der Waals surface area contributed by atoms with E-state index in [-0.39, 0.29) is 48.3 Å². The number of fused-ring (bicyclic) bond motifs is 5. The topological polar surface area (TPSA) is 141 Å². The number of hydrogen-bond acceptors (Lipinski definition) is 9. The van der Waals surface area contributed by atoms with Gasteiger partial charge in [-0.15, -0.1) is 0 Å². The van der Waals surface area contributed by atoms with E-state index in [2.05, 4.69) is 85.7 Å². The molecule has 5 aliphatic rings. The molecule has 6 rings (SSSR count). The maximum absolute atomic E-state index is 13.0. The standard InChI is InChI=1S/C52H76N2O7/c1-36-15-16-42(30-39-12-10-13-40(29-39)31-49(4,54-33-36)25-28-60-6)37(2)11-9-14-44(35-61-51(59)21-7-8-22-51)45-19-23-52(48(45)57)47-41(20-27-55)17-18-43(46(47)38(3)34-56)32-50(52,58)24-26-53-5/h9-15,17-18,29,34,41-43,45,47-48,53-55,57-59H,2,7-8,16,19-28,30-33,35H2,1,3-6H3/t41-,42+,43+,45-,47-,48-,49-,50-,52-/m1/s1. The van der Waals surface area contributed by atoms with Gasteiger partial charge in [-0.25, -0.2) is 0 Å². The van der Waals surface area contributed by atoms with Crippen molar-refractivity contribution in [2.75, 3.05) is 47.1 Å². The molecule has 1 aromatic carbocycles. The minimum absolute atomic E-state index is 0.0343. The summed E-state index contributed by atoms with van der Waals surface area (Å²) >= 11 is 0. The van der Waals surface area contributed by atoms with Crippen molar-refractivity contribution in [1.82, 2.24) is 10.6 Å². The van der Waals surface area contributed by atoms with E-state index in [9.17, 15) is 25.2 Å². The highest BCUT2D eigenvalue weighted by atomic mass is 16.6. The van der Waals surface area contributed by atoms with Crippen LogP contribution in [-0.2, 0) is 27.1 Å². The van der Waals surface area contributed by atoms with Crippen LogP contribution in [0.4, 0.5) is 0 Å². The maximum atomic E-state index is 13.0. The quantitative estimate of drug-likeness (QED) is 0.0334. The lowest BCUT2D eigenvalue weighted by Gasteiger charge is -2.61. The second-order valence-corrected chi connectivity index (χ2v) is 19.6. The van der Waals surface area contributed by atoms with E-state index in [1.54, 1.807) is 7.11 Å². The van der Waals surface area contributed by atoms with Crippen LogP contribution in [0.1, 0.15) is 103 Å². The highest BCUT2D eigenvalue weighted by molar-refractivity contribution is 5.74. The minimum Gasteiger partial charge on any atom is -0.396 e. The highest BCUT2D eigenvalue weighted by Gasteiger charge is 2.68. The molecule has 3 fully saturated rings. The summed E-state index contributed by atoms with van der Waals surface area (Å²) in [5.41, 5.74) is 5.10. The lowest BCUT2D eigenvalue weighted by atomic mass is 9.45. The van der Waals surface area contributed by atoms with Crippen LogP contribution in [0.15, 0.2) is 95.2 Å². The predicted molar refractivity (Wildman–Crippen MR) is 244 cm³/mol. The molecule has 1 aliphatic heterocycles. The molecule has 336 valence electrons. The number of allylic oxidation sites excluding steroid dienone is 9. The van der Waals surface area contributed by atoms with Gasteiger partial charge in [0, 0.05) is 62.5 Å². The zero-order valence-electron chi connectivity index (χ0n) is 37.8. The number of methoxy groups -OCH3 is 1. The van der Waals surface area contributed by atoms with Crippen molar-refractivity contribution < 1.29 is 34.7 Å². The Hall–Kier alpha value is -2.99. The molecule has 4 aliphatic carbocycles. The summed E-state index contributed by atoms with van der Waals surface area (Å²) in [6, 6.07) is 8.94. The molecular formula is C52H76N2O7. The van der Waals surface area contributed by atoms with E-state index in [1.807, 2.05) is 20.0 Å². The molecule has 9 heteroatoms. The third-order valence-electron chi connectivity index (χ3n) is 15.4. The first-order valence-electron chi connectivity index (χ1n) is 23.1. The SMILES string of the molecule is C=C(C=CC=C(COC1(O)CCCC1)[C@H]1CC[C@]2([C@@H]1O)[C@H]1C(=C(C)C=O)[C@@H](C=C[C@@H]1CCO)C[C@]2(O)CCNC)[C@H]1CC=C(C)CN[C@](C)(CCOC)Cc2cccc(c2)C1. The summed E-state index contributed by atoms with van der Waals surface area (Å²) in [5, 5.41) is 54.8. The van der Waals surface area contributed by atoms with E-state index in [4.69, 9.17) is 9.47 Å². The predicted octanol–water partition coefficient (Wildman–Crippen LogP) is 7.26. The zero-order chi connectivity index (χ0) is 43.8. The lowest BCUT2D eigenvalue weighted by Crippen LogP contribution is -2.65. The van der Waals surface area contributed by atoms with E-state index in [1.165, 1.54) is 16.7 Å². The van der Waals surface area contributed by atoms with Crippen LogP contribution in [0, 0.1) is 35.0 Å². The second-order valence-electron chi connectivity index (χ2n) is 19.6. The van der Waals surface area contributed by atoms with Gasteiger partial charge in [0.15, 0.2) is 5.79 Å². The molecule has 0 unspecified atom stereocenters. The van der Waals surface area contributed by atoms with Gasteiger partial charge < -0.3 is 40.5 Å². The minimum atomic E-state index is -1.24. The van der Waals surface area contributed by atoms with Gasteiger partial charge in [-0.05, 0) is 145 Å². The molecule has 0 aromatic heterocycles. The summed E-state index contributed by atoms with van der Waals surface area (Å²) < 4.78 is 11.9. The zero-order valence-corrected chi connectivity index (χ0v) is 37.8. The summed E-state index contributed by atoms with van der Waals surface area (Å²) in [4.78, 5) is 12.5. The van der Waals surface area contributed by atoms with Gasteiger partial charge in [-0.1, -0.05) is 84.0 Å². The van der Waals surface area contributed by atoms with Gasteiger partial charge in [-0.2, -0.15) is 0 Å². The summed E-state index contributed by atoms with van der Waals surface area (Å²) in [7, 11) is 3.64. The van der Waals surface area contributed by atoms with Crippen molar-refractivity contribution in [3.05, 3.63) is 106 Å². The molecule has 4 bridgehead atoms. The first-order chi connectivity index (χ1) is 29.2. The maximum Gasteiger partial charge on any atom is 0.165 e. The number of aldehydes is 1. The van der Waals surface area contributed by atoms with Crippen molar-refractivity contribution in [1.29, 1.82) is 0 Å². The Bertz CT molecular complexity index is 1840. The Morgan fingerprint density at radius 3 is 2.61 bits per heavy atom. The monoisotopic (exact) mass is 841 g/mol. The number of rotatable bonds is 16. The normalized spacial score (nSPS) is 34.9. The first kappa shape index (κ1) is 47.5. The Labute approximate surface area is 366 Å². The van der Waals surface area contributed by atoms with Crippen LogP contribution < -0.4 is 10.6 Å².